The first-order chi connectivity index (χ1) is 15.0. The zero-order valence-electron chi connectivity index (χ0n) is 16.7. The Morgan fingerprint density at radius 1 is 0.968 bits per heavy atom. The zero-order valence-corrected chi connectivity index (χ0v) is 16.7. The number of benzene rings is 2. The predicted octanol–water partition coefficient (Wildman–Crippen LogP) is 4.73. The van der Waals surface area contributed by atoms with Crippen LogP contribution in [0, 0.1) is 10.1 Å². The molecule has 1 aromatic heterocycles. The zero-order chi connectivity index (χ0) is 22.2. The van der Waals surface area contributed by atoms with Gasteiger partial charge in [-0.15, -0.1) is 0 Å². The van der Waals surface area contributed by atoms with Crippen molar-refractivity contribution in [3.63, 3.8) is 0 Å². The van der Waals surface area contributed by atoms with E-state index in [1.165, 1.54) is 50.9 Å². The van der Waals surface area contributed by atoms with Crippen molar-refractivity contribution in [2.75, 3.05) is 14.2 Å². The molecule has 0 radical (unpaired) electrons. The van der Waals surface area contributed by atoms with Gasteiger partial charge in [-0.1, -0.05) is 6.07 Å². The second kappa shape index (κ2) is 9.88. The SMILES string of the molecule is CO/C=C(/C(=O)OC)c1cccnc1Oc1cccc(Oc2ccc([N+](=O)[O-])cc2)c1. The minimum absolute atomic E-state index is 0.0300. The molecule has 9 heteroatoms. The third-order valence-electron chi connectivity index (χ3n) is 4.01. The summed E-state index contributed by atoms with van der Waals surface area (Å²) >= 11 is 0. The molecular weight excluding hydrogens is 404 g/mol. The van der Waals surface area contributed by atoms with Crippen molar-refractivity contribution < 1.29 is 28.7 Å². The van der Waals surface area contributed by atoms with E-state index < -0.39 is 10.9 Å². The standard InChI is InChI=1S/C22H18N2O7/c1-28-14-20(22(25)29-2)19-7-4-12-23-21(19)31-18-6-3-5-17(13-18)30-16-10-8-15(9-11-16)24(26)27/h3-14H,1-2H3/b20-14+. The Labute approximate surface area is 177 Å². The molecule has 0 saturated carbocycles. The van der Waals surface area contributed by atoms with Gasteiger partial charge in [-0.05, 0) is 36.4 Å². The predicted molar refractivity (Wildman–Crippen MR) is 111 cm³/mol. The molecule has 3 rings (SSSR count). The van der Waals surface area contributed by atoms with Crippen molar-refractivity contribution in [1.29, 1.82) is 0 Å². The number of hydrogen-bond donors (Lipinski definition) is 0. The van der Waals surface area contributed by atoms with Gasteiger partial charge >= 0.3 is 5.97 Å². The number of carbonyl (C=O) groups excluding carboxylic acids is 1. The summed E-state index contributed by atoms with van der Waals surface area (Å²) in [5.74, 6) is 0.848. The van der Waals surface area contributed by atoms with E-state index in [1.54, 1.807) is 36.4 Å². The van der Waals surface area contributed by atoms with Crippen molar-refractivity contribution >= 4 is 17.2 Å². The van der Waals surface area contributed by atoms with Crippen molar-refractivity contribution in [3.8, 4) is 23.1 Å². The lowest BCUT2D eigenvalue weighted by Crippen LogP contribution is -2.06. The molecule has 0 aliphatic carbocycles. The van der Waals surface area contributed by atoms with Crippen molar-refractivity contribution in [3.05, 3.63) is 88.8 Å². The highest BCUT2D eigenvalue weighted by atomic mass is 16.6. The number of esters is 1. The van der Waals surface area contributed by atoms with Crippen LogP contribution in [0.3, 0.4) is 0 Å². The first-order valence-corrected chi connectivity index (χ1v) is 8.98. The van der Waals surface area contributed by atoms with E-state index in [0.717, 1.165) is 0 Å². The van der Waals surface area contributed by atoms with E-state index in [0.29, 0.717) is 22.8 Å². The molecule has 0 spiro atoms. The van der Waals surface area contributed by atoms with Gasteiger partial charge in [0.05, 0.1) is 31.0 Å². The molecule has 0 N–H and O–H groups in total. The molecule has 0 saturated heterocycles. The number of rotatable bonds is 8. The van der Waals surface area contributed by atoms with Crippen LogP contribution in [-0.4, -0.2) is 30.1 Å². The number of methoxy groups -OCH3 is 2. The molecule has 0 aliphatic rings. The lowest BCUT2D eigenvalue weighted by atomic mass is 10.1. The number of pyridine rings is 1. The van der Waals surface area contributed by atoms with Gasteiger partial charge in [-0.2, -0.15) is 0 Å². The van der Waals surface area contributed by atoms with Crippen LogP contribution in [0.15, 0.2) is 73.1 Å². The number of nitro groups is 1. The summed E-state index contributed by atoms with van der Waals surface area (Å²) in [7, 11) is 2.68. The van der Waals surface area contributed by atoms with Crippen LogP contribution in [0.2, 0.25) is 0 Å². The molecule has 3 aromatic rings. The fraction of sp³-hybridized carbons (Fsp3) is 0.0909. The van der Waals surface area contributed by atoms with Crippen LogP contribution in [0.5, 0.6) is 23.1 Å². The van der Waals surface area contributed by atoms with Crippen LogP contribution >= 0.6 is 0 Å². The van der Waals surface area contributed by atoms with Gasteiger partial charge in [0, 0.05) is 24.4 Å². The number of non-ortho nitro benzene ring substituents is 1. The summed E-state index contributed by atoms with van der Waals surface area (Å²) in [6, 6.07) is 15.8. The number of carbonyl (C=O) groups is 1. The minimum Gasteiger partial charge on any atom is -0.503 e. The Morgan fingerprint density at radius 3 is 2.32 bits per heavy atom. The highest BCUT2D eigenvalue weighted by molar-refractivity contribution is 6.16. The fourth-order valence-electron chi connectivity index (χ4n) is 2.61. The molecule has 1 heterocycles. The van der Waals surface area contributed by atoms with E-state index in [1.807, 2.05) is 0 Å². The quantitative estimate of drug-likeness (QED) is 0.168. The van der Waals surface area contributed by atoms with Crippen molar-refractivity contribution in [1.82, 2.24) is 4.98 Å². The van der Waals surface area contributed by atoms with E-state index in [-0.39, 0.29) is 17.1 Å². The largest absolute Gasteiger partial charge is 0.503 e. The highest BCUT2D eigenvalue weighted by Crippen LogP contribution is 2.32. The van der Waals surface area contributed by atoms with Crippen LogP contribution in [0.1, 0.15) is 5.56 Å². The van der Waals surface area contributed by atoms with E-state index >= 15 is 0 Å². The van der Waals surface area contributed by atoms with E-state index in [9.17, 15) is 14.9 Å². The lowest BCUT2D eigenvalue weighted by molar-refractivity contribution is -0.384. The molecule has 0 fully saturated rings. The molecule has 0 atom stereocenters. The Kier molecular flexibility index (Phi) is 6.79. The topological polar surface area (TPSA) is 110 Å². The number of nitrogens with zero attached hydrogens (tertiary/aromatic N) is 2. The molecule has 0 amide bonds. The molecule has 0 unspecified atom stereocenters. The van der Waals surface area contributed by atoms with Gasteiger partial charge in [0.1, 0.15) is 22.8 Å². The maximum absolute atomic E-state index is 12.1. The second-order valence-corrected chi connectivity index (χ2v) is 6.04. The fourth-order valence-corrected chi connectivity index (χ4v) is 2.61. The molecule has 158 valence electrons. The number of hydrogen-bond acceptors (Lipinski definition) is 8. The van der Waals surface area contributed by atoms with Crippen LogP contribution in [0.4, 0.5) is 5.69 Å². The summed E-state index contributed by atoms with van der Waals surface area (Å²) in [6.07, 6.45) is 2.78. The lowest BCUT2D eigenvalue weighted by Gasteiger charge is -2.12. The molecule has 2 aromatic carbocycles. The Morgan fingerprint density at radius 2 is 1.68 bits per heavy atom. The smallest absolute Gasteiger partial charge is 0.341 e. The Hall–Kier alpha value is -4.40. The van der Waals surface area contributed by atoms with Gasteiger partial charge in [0.25, 0.3) is 5.69 Å². The molecule has 0 bridgehead atoms. The molecule has 31 heavy (non-hydrogen) atoms. The summed E-state index contributed by atoms with van der Waals surface area (Å²) < 4.78 is 21.4. The summed E-state index contributed by atoms with van der Waals surface area (Å²) in [5.41, 5.74) is 0.502. The summed E-state index contributed by atoms with van der Waals surface area (Å²) in [4.78, 5) is 26.6. The first kappa shape index (κ1) is 21.3. The summed E-state index contributed by atoms with van der Waals surface area (Å²) in [5, 5.41) is 10.8. The monoisotopic (exact) mass is 422 g/mol. The van der Waals surface area contributed by atoms with E-state index in [2.05, 4.69) is 4.98 Å². The minimum atomic E-state index is -0.602. The average molecular weight is 422 g/mol. The number of aromatic nitrogens is 1. The van der Waals surface area contributed by atoms with Crippen molar-refractivity contribution in [2.24, 2.45) is 0 Å². The van der Waals surface area contributed by atoms with Crippen LogP contribution < -0.4 is 9.47 Å². The third kappa shape index (κ3) is 5.36. The molecular formula is C22H18N2O7. The molecule has 9 nitrogen and oxygen atoms in total. The van der Waals surface area contributed by atoms with Gasteiger partial charge in [-0.3, -0.25) is 10.1 Å². The highest BCUT2D eigenvalue weighted by Gasteiger charge is 2.19. The molecule has 0 aliphatic heterocycles. The second-order valence-electron chi connectivity index (χ2n) is 6.04. The van der Waals surface area contributed by atoms with Gasteiger partial charge in [-0.25, -0.2) is 9.78 Å². The Bertz CT molecular complexity index is 1110. The average Bonchev–Trinajstić information content (AvgIpc) is 2.78. The van der Waals surface area contributed by atoms with Crippen LogP contribution in [0.25, 0.3) is 5.57 Å². The maximum Gasteiger partial charge on any atom is 0.341 e. The van der Waals surface area contributed by atoms with Gasteiger partial charge in [0.2, 0.25) is 5.88 Å². The third-order valence-corrected chi connectivity index (χ3v) is 4.01. The normalized spacial score (nSPS) is 10.8. The van der Waals surface area contributed by atoms with Gasteiger partial charge < -0.3 is 18.9 Å². The number of nitro benzene ring substituents is 1. The van der Waals surface area contributed by atoms with Crippen molar-refractivity contribution in [2.45, 2.75) is 0 Å². The summed E-state index contributed by atoms with van der Waals surface area (Å²) in [6.45, 7) is 0. The maximum atomic E-state index is 12.1. The number of ether oxygens (including phenoxy) is 4. The Balaban J connectivity index is 1.84. The van der Waals surface area contributed by atoms with Crippen LogP contribution in [-0.2, 0) is 14.3 Å². The first-order valence-electron chi connectivity index (χ1n) is 8.98. The van der Waals surface area contributed by atoms with E-state index in [4.69, 9.17) is 18.9 Å². The van der Waals surface area contributed by atoms with Gasteiger partial charge in [0.15, 0.2) is 0 Å².